The number of carbonyl (C=O) groups is 1. The van der Waals surface area contributed by atoms with Crippen LogP contribution in [-0.2, 0) is 13.0 Å². The van der Waals surface area contributed by atoms with Gasteiger partial charge in [0.15, 0.2) is 4.80 Å². The molecule has 0 atom stereocenters. The summed E-state index contributed by atoms with van der Waals surface area (Å²) in [6, 6.07) is 15.5. The number of hydrogen-bond acceptors (Lipinski definition) is 3. The van der Waals surface area contributed by atoms with E-state index in [9.17, 15) is 4.79 Å². The first-order chi connectivity index (χ1) is 13.6. The Morgan fingerprint density at radius 3 is 2.50 bits per heavy atom. The monoisotopic (exact) mass is 458 g/mol. The van der Waals surface area contributed by atoms with Crippen molar-refractivity contribution in [1.29, 1.82) is 0 Å². The van der Waals surface area contributed by atoms with Crippen LogP contribution in [0.15, 0.2) is 58.0 Å². The summed E-state index contributed by atoms with van der Waals surface area (Å²) in [5, 5.41) is 0. The molecule has 6 heteroatoms. The van der Waals surface area contributed by atoms with Crippen molar-refractivity contribution in [3.05, 3.63) is 68.2 Å². The van der Waals surface area contributed by atoms with E-state index in [-0.39, 0.29) is 5.91 Å². The van der Waals surface area contributed by atoms with Gasteiger partial charge in [0.05, 0.1) is 18.4 Å². The second-order valence-electron chi connectivity index (χ2n) is 6.27. The van der Waals surface area contributed by atoms with Gasteiger partial charge in [-0.1, -0.05) is 53.5 Å². The van der Waals surface area contributed by atoms with E-state index in [2.05, 4.69) is 51.5 Å². The maximum atomic E-state index is 12.9. The maximum absolute atomic E-state index is 12.9. The molecule has 146 valence electrons. The largest absolute Gasteiger partial charge is 0.496 e. The summed E-state index contributed by atoms with van der Waals surface area (Å²) >= 11 is 5.09. The number of halogens is 1. The van der Waals surface area contributed by atoms with Gasteiger partial charge >= 0.3 is 0 Å². The lowest BCUT2D eigenvalue weighted by atomic mass is 10.1. The molecule has 0 radical (unpaired) electrons. The highest BCUT2D eigenvalue weighted by molar-refractivity contribution is 9.10. The molecule has 1 aromatic heterocycles. The molecule has 28 heavy (non-hydrogen) atoms. The zero-order valence-corrected chi connectivity index (χ0v) is 18.6. The minimum Gasteiger partial charge on any atom is -0.496 e. The van der Waals surface area contributed by atoms with Crippen molar-refractivity contribution in [1.82, 2.24) is 4.57 Å². The molecule has 3 aromatic rings. The maximum Gasteiger partial charge on any atom is 0.283 e. The Morgan fingerprint density at radius 1 is 1.14 bits per heavy atom. The molecule has 0 aliphatic heterocycles. The van der Waals surface area contributed by atoms with E-state index in [1.807, 2.05) is 24.3 Å². The quantitative estimate of drug-likeness (QED) is 0.475. The SMILES string of the molecule is CCCc1sc(=NC(=O)c2ccccc2OC)n(CC)c1-c1ccc(Br)cc1. The van der Waals surface area contributed by atoms with E-state index in [0.717, 1.165) is 39.9 Å². The van der Waals surface area contributed by atoms with Crippen molar-refractivity contribution in [2.75, 3.05) is 7.11 Å². The van der Waals surface area contributed by atoms with Gasteiger partial charge in [-0.15, -0.1) is 11.3 Å². The number of hydrogen-bond donors (Lipinski definition) is 0. The van der Waals surface area contributed by atoms with Crippen LogP contribution in [0.25, 0.3) is 11.3 Å². The third-order valence-electron chi connectivity index (χ3n) is 4.42. The lowest BCUT2D eigenvalue weighted by Crippen LogP contribution is -2.17. The van der Waals surface area contributed by atoms with E-state index in [4.69, 9.17) is 4.74 Å². The minimum absolute atomic E-state index is 0.286. The van der Waals surface area contributed by atoms with Crippen LogP contribution < -0.4 is 9.54 Å². The van der Waals surface area contributed by atoms with E-state index in [0.29, 0.717) is 11.3 Å². The summed E-state index contributed by atoms with van der Waals surface area (Å²) in [5.74, 6) is 0.254. The van der Waals surface area contributed by atoms with Crippen LogP contribution in [0.5, 0.6) is 5.75 Å². The number of para-hydroxylation sites is 1. The lowest BCUT2D eigenvalue weighted by Gasteiger charge is -2.09. The highest BCUT2D eigenvalue weighted by Gasteiger charge is 2.16. The lowest BCUT2D eigenvalue weighted by molar-refractivity contribution is 0.0995. The fourth-order valence-corrected chi connectivity index (χ4v) is 4.70. The Kier molecular flexibility index (Phi) is 6.86. The van der Waals surface area contributed by atoms with Crippen molar-refractivity contribution in [2.45, 2.75) is 33.2 Å². The Labute approximate surface area is 177 Å². The van der Waals surface area contributed by atoms with Crippen molar-refractivity contribution in [2.24, 2.45) is 4.99 Å². The molecule has 0 saturated heterocycles. The van der Waals surface area contributed by atoms with Gasteiger partial charge in [0.2, 0.25) is 0 Å². The molecule has 1 heterocycles. The summed E-state index contributed by atoms with van der Waals surface area (Å²) in [4.78, 5) is 19.3. The van der Waals surface area contributed by atoms with Crippen molar-refractivity contribution in [3.63, 3.8) is 0 Å². The summed E-state index contributed by atoms with van der Waals surface area (Å²) in [6.45, 7) is 4.99. The predicted molar refractivity (Wildman–Crippen MR) is 118 cm³/mol. The van der Waals surface area contributed by atoms with E-state index in [1.165, 1.54) is 4.88 Å². The molecule has 4 nitrogen and oxygen atoms in total. The van der Waals surface area contributed by atoms with Crippen LogP contribution >= 0.6 is 27.3 Å². The van der Waals surface area contributed by atoms with E-state index in [1.54, 1.807) is 30.6 Å². The van der Waals surface area contributed by atoms with Gasteiger partial charge < -0.3 is 9.30 Å². The Balaban J connectivity index is 2.16. The fourth-order valence-electron chi connectivity index (χ4n) is 3.13. The molecule has 0 saturated carbocycles. The third-order valence-corrected chi connectivity index (χ3v) is 6.09. The van der Waals surface area contributed by atoms with Crippen molar-refractivity contribution in [3.8, 4) is 17.0 Å². The number of amides is 1. The molecule has 3 rings (SSSR count). The Morgan fingerprint density at radius 2 is 1.86 bits per heavy atom. The summed E-state index contributed by atoms with van der Waals surface area (Å²) in [5.41, 5.74) is 2.76. The van der Waals surface area contributed by atoms with Crippen LogP contribution in [0.3, 0.4) is 0 Å². The molecule has 0 bridgehead atoms. The molecule has 0 aliphatic rings. The first-order valence-electron chi connectivity index (χ1n) is 9.29. The van der Waals surface area contributed by atoms with Crippen LogP contribution in [0, 0.1) is 0 Å². The molecular formula is C22H23BrN2O2S. The molecule has 2 aromatic carbocycles. The number of aryl methyl sites for hydroxylation is 1. The molecular weight excluding hydrogens is 436 g/mol. The number of nitrogens with zero attached hydrogens (tertiary/aromatic N) is 2. The van der Waals surface area contributed by atoms with Gasteiger partial charge in [0.25, 0.3) is 5.91 Å². The Bertz CT molecular complexity index is 1040. The van der Waals surface area contributed by atoms with Crippen molar-refractivity contribution < 1.29 is 9.53 Å². The second-order valence-corrected chi connectivity index (χ2v) is 8.25. The number of benzene rings is 2. The zero-order valence-electron chi connectivity index (χ0n) is 16.2. The summed E-state index contributed by atoms with van der Waals surface area (Å²) < 4.78 is 8.50. The molecule has 0 aliphatic carbocycles. The number of rotatable bonds is 6. The predicted octanol–water partition coefficient (Wildman–Crippen LogP) is 5.70. The number of ether oxygens (including phenoxy) is 1. The Hall–Kier alpha value is -2.18. The smallest absolute Gasteiger partial charge is 0.283 e. The second kappa shape index (κ2) is 9.34. The van der Waals surface area contributed by atoms with Gasteiger partial charge in [-0.3, -0.25) is 4.79 Å². The fraction of sp³-hybridized carbons (Fsp3) is 0.273. The summed E-state index contributed by atoms with van der Waals surface area (Å²) in [6.07, 6.45) is 1.99. The van der Waals surface area contributed by atoms with Crippen LogP contribution in [-0.4, -0.2) is 17.6 Å². The van der Waals surface area contributed by atoms with Crippen LogP contribution in [0.2, 0.25) is 0 Å². The first kappa shape index (κ1) is 20.6. The average Bonchev–Trinajstić information content (AvgIpc) is 3.05. The highest BCUT2D eigenvalue weighted by Crippen LogP contribution is 2.28. The number of thiazole rings is 1. The topological polar surface area (TPSA) is 43.6 Å². The standard InChI is InChI=1S/C22H23BrN2O2S/c1-4-8-19-20(15-11-13-16(23)14-12-15)25(5-2)22(28-19)24-21(26)17-9-6-7-10-18(17)27-3/h6-7,9-14H,4-5,8H2,1-3H3. The van der Waals surface area contributed by atoms with Crippen LogP contribution in [0.4, 0.5) is 0 Å². The van der Waals surface area contributed by atoms with Crippen molar-refractivity contribution >= 4 is 33.2 Å². The third kappa shape index (κ3) is 4.28. The summed E-state index contributed by atoms with van der Waals surface area (Å²) in [7, 11) is 1.56. The molecule has 0 unspecified atom stereocenters. The molecule has 1 amide bonds. The molecule has 0 N–H and O–H groups in total. The van der Waals surface area contributed by atoms with Crippen LogP contribution in [0.1, 0.15) is 35.5 Å². The van der Waals surface area contributed by atoms with Gasteiger partial charge in [0, 0.05) is 15.9 Å². The number of carbonyl (C=O) groups excluding carboxylic acids is 1. The minimum atomic E-state index is -0.286. The van der Waals surface area contributed by atoms with Gasteiger partial charge in [-0.05, 0) is 43.2 Å². The normalized spacial score (nSPS) is 11.6. The van der Waals surface area contributed by atoms with Gasteiger partial charge in [-0.2, -0.15) is 4.99 Å². The zero-order chi connectivity index (χ0) is 20.1. The molecule has 0 spiro atoms. The van der Waals surface area contributed by atoms with Gasteiger partial charge in [-0.25, -0.2) is 0 Å². The number of methoxy groups -OCH3 is 1. The highest BCUT2D eigenvalue weighted by atomic mass is 79.9. The number of aromatic nitrogens is 1. The average molecular weight is 459 g/mol. The van der Waals surface area contributed by atoms with E-state index < -0.39 is 0 Å². The van der Waals surface area contributed by atoms with E-state index >= 15 is 0 Å². The first-order valence-corrected chi connectivity index (χ1v) is 10.9. The van der Waals surface area contributed by atoms with Gasteiger partial charge in [0.1, 0.15) is 5.75 Å². The molecule has 0 fully saturated rings.